The van der Waals surface area contributed by atoms with Gasteiger partial charge in [0.1, 0.15) is 48.8 Å². The number of ether oxygens (including phenoxy) is 4. The Kier molecular flexibility index (Phi) is 54.7. The maximum absolute atomic E-state index is 13.4. The van der Waals surface area contributed by atoms with Gasteiger partial charge in [-0.05, 0) is 44.9 Å². The van der Waals surface area contributed by atoms with Crippen LogP contribution in [0.25, 0.3) is 0 Å². The monoisotopic (exact) mass is 1240 g/mol. The van der Waals surface area contributed by atoms with Crippen molar-refractivity contribution in [2.24, 2.45) is 0 Å². The van der Waals surface area contributed by atoms with Crippen LogP contribution < -0.4 is 5.32 Å². The molecule has 0 bridgehead atoms. The van der Waals surface area contributed by atoms with E-state index in [1.165, 1.54) is 257 Å². The fourth-order valence-electron chi connectivity index (χ4n) is 12.5. The third-order valence-electron chi connectivity index (χ3n) is 18.4. The second-order valence-electron chi connectivity index (χ2n) is 26.4. The fourth-order valence-corrected chi connectivity index (χ4v) is 12.5. The van der Waals surface area contributed by atoms with Crippen LogP contribution in [0.1, 0.15) is 341 Å². The molecular formula is C73H139NO13. The highest BCUT2D eigenvalue weighted by molar-refractivity contribution is 5.76. The first-order valence-electron chi connectivity index (χ1n) is 37.1. The van der Waals surface area contributed by atoms with Crippen LogP contribution in [0.2, 0.25) is 0 Å². The molecule has 2 fully saturated rings. The molecule has 12 unspecified atom stereocenters. The molecule has 14 heteroatoms. The Hall–Kier alpha value is -1.53. The molecule has 2 saturated heterocycles. The van der Waals surface area contributed by atoms with E-state index < -0.39 is 86.8 Å². The summed E-state index contributed by atoms with van der Waals surface area (Å²) in [6.07, 6.45) is 56.2. The van der Waals surface area contributed by atoms with Crippen molar-refractivity contribution < 1.29 is 64.6 Å². The summed E-state index contributed by atoms with van der Waals surface area (Å²) in [6, 6.07) is -0.829. The number of aliphatic hydroxyl groups excluding tert-OH is 8. The van der Waals surface area contributed by atoms with Crippen molar-refractivity contribution in [3.63, 3.8) is 0 Å². The highest BCUT2D eigenvalue weighted by Crippen LogP contribution is 2.30. The Bertz CT molecular complexity index is 1550. The van der Waals surface area contributed by atoms with E-state index in [9.17, 15) is 45.6 Å². The van der Waals surface area contributed by atoms with Crippen molar-refractivity contribution in [3.8, 4) is 0 Å². The fraction of sp³-hybridized carbons (Fsp3) is 0.932. The molecule has 0 aromatic rings. The minimum absolute atomic E-state index is 0.201. The summed E-state index contributed by atoms with van der Waals surface area (Å²) >= 11 is 0. The lowest BCUT2D eigenvalue weighted by Gasteiger charge is -2.46. The largest absolute Gasteiger partial charge is 0.394 e. The Morgan fingerprint density at radius 2 is 0.759 bits per heavy atom. The second kappa shape index (κ2) is 58.3. The predicted octanol–water partition coefficient (Wildman–Crippen LogP) is 15.5. The van der Waals surface area contributed by atoms with E-state index in [-0.39, 0.29) is 12.5 Å². The summed E-state index contributed by atoms with van der Waals surface area (Å²) in [5, 5.41) is 87.7. The van der Waals surface area contributed by atoms with Gasteiger partial charge in [-0.2, -0.15) is 0 Å². The Balaban J connectivity index is 1.65. The maximum Gasteiger partial charge on any atom is 0.220 e. The summed E-state index contributed by atoms with van der Waals surface area (Å²) in [6.45, 7) is 2.91. The third kappa shape index (κ3) is 42.4. The first-order chi connectivity index (χ1) is 42.6. The van der Waals surface area contributed by atoms with Crippen molar-refractivity contribution >= 4 is 5.91 Å². The van der Waals surface area contributed by atoms with E-state index in [2.05, 4.69) is 43.5 Å². The van der Waals surface area contributed by atoms with E-state index in [1.54, 1.807) is 0 Å². The average Bonchev–Trinajstić information content (AvgIpc) is 2.50. The number of carbonyl (C=O) groups excluding carboxylic acids is 1. The minimum Gasteiger partial charge on any atom is -0.394 e. The molecule has 9 N–H and O–H groups in total. The quantitative estimate of drug-likeness (QED) is 0.0204. The van der Waals surface area contributed by atoms with Gasteiger partial charge in [0, 0.05) is 6.42 Å². The lowest BCUT2D eigenvalue weighted by Crippen LogP contribution is -2.65. The summed E-state index contributed by atoms with van der Waals surface area (Å²) in [5.41, 5.74) is 0. The van der Waals surface area contributed by atoms with Gasteiger partial charge < -0.3 is 65.1 Å². The predicted molar refractivity (Wildman–Crippen MR) is 355 cm³/mol. The van der Waals surface area contributed by atoms with Gasteiger partial charge >= 0.3 is 0 Å². The van der Waals surface area contributed by atoms with Gasteiger partial charge in [-0.15, -0.1) is 0 Å². The van der Waals surface area contributed by atoms with Crippen LogP contribution in [-0.2, 0) is 23.7 Å². The van der Waals surface area contributed by atoms with E-state index in [0.29, 0.717) is 12.8 Å². The Labute approximate surface area is 532 Å². The molecule has 514 valence electrons. The molecule has 14 nitrogen and oxygen atoms in total. The topological polar surface area (TPSA) is 228 Å². The molecule has 1 amide bonds. The number of carbonyl (C=O) groups is 1. The summed E-state index contributed by atoms with van der Waals surface area (Å²) in [5.74, 6) is -0.201. The molecule has 2 rings (SSSR count). The van der Waals surface area contributed by atoms with Crippen LogP contribution in [0.15, 0.2) is 24.3 Å². The Morgan fingerprint density at radius 3 is 1.15 bits per heavy atom. The zero-order valence-corrected chi connectivity index (χ0v) is 56.0. The molecule has 0 spiro atoms. The molecule has 2 heterocycles. The van der Waals surface area contributed by atoms with Gasteiger partial charge in [0.05, 0.1) is 32.0 Å². The van der Waals surface area contributed by atoms with Gasteiger partial charge in [-0.3, -0.25) is 4.79 Å². The molecule has 87 heavy (non-hydrogen) atoms. The standard InChI is InChI=1S/C73H139NO13/c1-3-5-7-9-11-13-15-17-19-21-23-25-27-29-30-31-33-34-36-38-40-42-44-46-48-50-52-54-56-62(77)61(60-84-72-70(83)68(81)71(64(59-76)86-72)87-73-69(82)67(80)66(79)63(58-75)85-73)74-65(78)57-55-53-51-49-47-45-43-41-39-37-35-32-28-26-24-22-20-18-16-14-12-10-8-6-4-2/h16,18,22,24,61-64,66-73,75-77,79-83H,3-15,17,19-21,23,25-60H2,1-2H3,(H,74,78)/b18-16-,24-22-. The molecule has 0 saturated carbocycles. The van der Waals surface area contributed by atoms with Gasteiger partial charge in [-0.25, -0.2) is 0 Å². The number of nitrogens with one attached hydrogen (secondary N) is 1. The zero-order chi connectivity index (χ0) is 63.1. The van der Waals surface area contributed by atoms with Crippen LogP contribution in [0.3, 0.4) is 0 Å². The molecule has 0 radical (unpaired) electrons. The molecule has 0 aliphatic carbocycles. The number of unbranched alkanes of at least 4 members (excludes halogenated alkanes) is 45. The van der Waals surface area contributed by atoms with Crippen LogP contribution >= 0.6 is 0 Å². The van der Waals surface area contributed by atoms with Gasteiger partial charge in [-0.1, -0.05) is 314 Å². The molecule has 0 aromatic heterocycles. The first-order valence-corrected chi connectivity index (χ1v) is 37.1. The van der Waals surface area contributed by atoms with Crippen molar-refractivity contribution in [2.75, 3.05) is 19.8 Å². The highest BCUT2D eigenvalue weighted by Gasteiger charge is 2.51. The van der Waals surface area contributed by atoms with Gasteiger partial charge in [0.2, 0.25) is 5.91 Å². The SMILES string of the molecule is CCCCCCC/C=C\C/C=C\CCCCCCCCCCCCCCCC(=O)NC(COC1OC(CO)C(OC2OC(CO)C(O)C(O)C2O)C(O)C1O)C(O)CCCCCCCCCCCCCCCCCCCCCCCCCCCCCC. The molecule has 2 aliphatic rings. The van der Waals surface area contributed by atoms with E-state index >= 15 is 0 Å². The normalized spacial score (nSPS) is 23.3. The average molecular weight is 1240 g/mol. The van der Waals surface area contributed by atoms with Gasteiger partial charge in [0.15, 0.2) is 12.6 Å². The summed E-state index contributed by atoms with van der Waals surface area (Å²) in [4.78, 5) is 13.4. The highest BCUT2D eigenvalue weighted by atomic mass is 16.7. The lowest BCUT2D eigenvalue weighted by atomic mass is 9.97. The molecule has 12 atom stereocenters. The molecule has 2 aliphatic heterocycles. The van der Waals surface area contributed by atoms with E-state index in [0.717, 1.165) is 57.8 Å². The Morgan fingerprint density at radius 1 is 0.414 bits per heavy atom. The number of hydrogen-bond donors (Lipinski definition) is 9. The number of allylic oxidation sites excluding steroid dienone is 4. The molecule has 0 aromatic carbocycles. The van der Waals surface area contributed by atoms with E-state index in [1.807, 2.05) is 0 Å². The van der Waals surface area contributed by atoms with Crippen molar-refractivity contribution in [1.82, 2.24) is 5.32 Å². The van der Waals surface area contributed by atoms with Crippen molar-refractivity contribution in [3.05, 3.63) is 24.3 Å². The maximum atomic E-state index is 13.4. The van der Waals surface area contributed by atoms with Crippen molar-refractivity contribution in [2.45, 2.75) is 415 Å². The van der Waals surface area contributed by atoms with Crippen LogP contribution in [0, 0.1) is 0 Å². The van der Waals surface area contributed by atoms with Crippen LogP contribution in [0.4, 0.5) is 0 Å². The summed E-state index contributed by atoms with van der Waals surface area (Å²) < 4.78 is 23.0. The molecular weight excluding hydrogens is 1100 g/mol. The smallest absolute Gasteiger partial charge is 0.220 e. The lowest BCUT2D eigenvalue weighted by molar-refractivity contribution is -0.359. The van der Waals surface area contributed by atoms with Crippen molar-refractivity contribution in [1.29, 1.82) is 0 Å². The number of rotatable bonds is 62. The van der Waals surface area contributed by atoms with E-state index in [4.69, 9.17) is 18.9 Å². The first kappa shape index (κ1) is 81.6. The van der Waals surface area contributed by atoms with Gasteiger partial charge in [0.25, 0.3) is 0 Å². The van der Waals surface area contributed by atoms with Crippen LogP contribution in [-0.4, -0.2) is 140 Å². The second-order valence-corrected chi connectivity index (χ2v) is 26.4. The van der Waals surface area contributed by atoms with Crippen LogP contribution in [0.5, 0.6) is 0 Å². The number of aliphatic hydroxyl groups is 8. The number of amides is 1. The number of hydrogen-bond acceptors (Lipinski definition) is 13. The summed E-state index contributed by atoms with van der Waals surface area (Å²) in [7, 11) is 0. The zero-order valence-electron chi connectivity index (χ0n) is 56.0. The minimum atomic E-state index is -1.78. The third-order valence-corrected chi connectivity index (χ3v) is 18.4.